The van der Waals surface area contributed by atoms with Crippen molar-refractivity contribution in [3.63, 3.8) is 0 Å². The number of methoxy groups -OCH3 is 1. The van der Waals surface area contributed by atoms with Crippen LogP contribution in [-0.4, -0.2) is 18.0 Å². The molecule has 1 aromatic carbocycles. The van der Waals surface area contributed by atoms with Gasteiger partial charge in [-0.05, 0) is 31.2 Å². The first kappa shape index (κ1) is 14.3. The summed E-state index contributed by atoms with van der Waals surface area (Å²) in [7, 11) is 1.40. The summed E-state index contributed by atoms with van der Waals surface area (Å²) in [6.07, 6.45) is 0. The number of aromatic nitrogens is 1. The number of ether oxygens (including phenoxy) is 1. The van der Waals surface area contributed by atoms with E-state index in [1.807, 2.05) is 0 Å². The number of carbonyl (C=O) groups excluding carboxylic acids is 1. The molecule has 0 atom stereocenters. The molecule has 0 aliphatic rings. The van der Waals surface area contributed by atoms with Gasteiger partial charge in [0.2, 0.25) is 0 Å². The van der Waals surface area contributed by atoms with E-state index in [2.05, 4.69) is 10.3 Å². The topological polar surface area (TPSA) is 51.2 Å². The Kier molecular flexibility index (Phi) is 4.20. The zero-order chi connectivity index (χ0) is 14.7. The molecule has 0 spiro atoms. The van der Waals surface area contributed by atoms with Gasteiger partial charge in [0.1, 0.15) is 16.7 Å². The summed E-state index contributed by atoms with van der Waals surface area (Å²) in [5.41, 5.74) is 1.38. The molecule has 0 radical (unpaired) electrons. The molecule has 1 heterocycles. The van der Waals surface area contributed by atoms with Crippen molar-refractivity contribution >= 4 is 23.2 Å². The number of rotatable bonds is 3. The molecular weight excluding hydrogens is 283 g/mol. The van der Waals surface area contributed by atoms with Crippen molar-refractivity contribution in [2.45, 2.75) is 6.92 Å². The molecule has 4 nitrogen and oxygen atoms in total. The molecular formula is C14H12ClFN2O2. The number of pyridine rings is 1. The number of halogens is 2. The molecule has 0 bridgehead atoms. The first-order valence-corrected chi connectivity index (χ1v) is 6.16. The molecule has 20 heavy (non-hydrogen) atoms. The SMILES string of the molecule is COc1cc(F)ccc1NC(=O)c1cc(C)nc(Cl)c1. The van der Waals surface area contributed by atoms with E-state index in [1.165, 1.54) is 31.4 Å². The molecule has 0 fully saturated rings. The molecule has 104 valence electrons. The summed E-state index contributed by atoms with van der Waals surface area (Å²) < 4.78 is 18.1. The number of aryl methyl sites for hydroxylation is 1. The fraction of sp³-hybridized carbons (Fsp3) is 0.143. The number of anilines is 1. The quantitative estimate of drug-likeness (QED) is 0.882. The second-order valence-corrected chi connectivity index (χ2v) is 4.51. The van der Waals surface area contributed by atoms with Crippen LogP contribution in [0.1, 0.15) is 16.1 Å². The summed E-state index contributed by atoms with van der Waals surface area (Å²) in [5.74, 6) is -0.569. The molecule has 0 unspecified atom stereocenters. The van der Waals surface area contributed by atoms with Crippen LogP contribution in [0.4, 0.5) is 10.1 Å². The molecule has 0 saturated carbocycles. The number of benzene rings is 1. The summed E-state index contributed by atoms with van der Waals surface area (Å²) in [6.45, 7) is 1.74. The second-order valence-electron chi connectivity index (χ2n) is 4.12. The summed E-state index contributed by atoms with van der Waals surface area (Å²) >= 11 is 5.81. The van der Waals surface area contributed by atoms with Gasteiger partial charge in [-0.2, -0.15) is 0 Å². The van der Waals surface area contributed by atoms with Crippen LogP contribution in [0.5, 0.6) is 5.75 Å². The van der Waals surface area contributed by atoms with Gasteiger partial charge in [-0.25, -0.2) is 9.37 Å². The zero-order valence-corrected chi connectivity index (χ0v) is 11.7. The van der Waals surface area contributed by atoms with E-state index in [-0.39, 0.29) is 16.8 Å². The Bertz CT molecular complexity index is 641. The predicted molar refractivity (Wildman–Crippen MR) is 74.9 cm³/mol. The van der Waals surface area contributed by atoms with Gasteiger partial charge in [-0.3, -0.25) is 4.79 Å². The molecule has 1 amide bonds. The number of hydrogen-bond donors (Lipinski definition) is 1. The van der Waals surface area contributed by atoms with E-state index < -0.39 is 5.82 Å². The number of nitrogens with zero attached hydrogens (tertiary/aromatic N) is 1. The van der Waals surface area contributed by atoms with Crippen molar-refractivity contribution in [3.8, 4) is 5.75 Å². The second kappa shape index (κ2) is 5.88. The van der Waals surface area contributed by atoms with Crippen molar-refractivity contribution in [1.29, 1.82) is 0 Å². The van der Waals surface area contributed by atoms with Crippen molar-refractivity contribution < 1.29 is 13.9 Å². The molecule has 1 N–H and O–H groups in total. The van der Waals surface area contributed by atoms with Crippen LogP contribution in [0.15, 0.2) is 30.3 Å². The van der Waals surface area contributed by atoms with Gasteiger partial charge in [0, 0.05) is 17.3 Å². The minimum absolute atomic E-state index is 0.237. The first-order chi connectivity index (χ1) is 9.49. The van der Waals surface area contributed by atoms with Crippen LogP contribution in [0.3, 0.4) is 0 Å². The van der Waals surface area contributed by atoms with Crippen LogP contribution in [-0.2, 0) is 0 Å². The third kappa shape index (κ3) is 3.24. The maximum atomic E-state index is 13.1. The number of nitrogens with one attached hydrogen (secondary N) is 1. The monoisotopic (exact) mass is 294 g/mol. The maximum absolute atomic E-state index is 13.1. The first-order valence-electron chi connectivity index (χ1n) is 5.78. The molecule has 2 rings (SSSR count). The van der Waals surface area contributed by atoms with E-state index in [0.717, 1.165) is 0 Å². The lowest BCUT2D eigenvalue weighted by Crippen LogP contribution is -2.13. The van der Waals surface area contributed by atoms with Crippen LogP contribution in [0.25, 0.3) is 0 Å². The molecule has 2 aromatic rings. The average molecular weight is 295 g/mol. The molecule has 0 aliphatic carbocycles. The standard InChI is InChI=1S/C14H12ClFN2O2/c1-8-5-9(6-13(15)17-8)14(19)18-11-4-3-10(16)7-12(11)20-2/h3-7H,1-2H3,(H,18,19). The Morgan fingerprint density at radius 3 is 2.75 bits per heavy atom. The van der Waals surface area contributed by atoms with Gasteiger partial charge in [0.05, 0.1) is 12.8 Å². The van der Waals surface area contributed by atoms with Crippen molar-refractivity contribution in [3.05, 3.63) is 52.6 Å². The molecule has 1 aromatic heterocycles. The fourth-order valence-corrected chi connectivity index (χ4v) is 1.97. The van der Waals surface area contributed by atoms with Crippen LogP contribution < -0.4 is 10.1 Å². The molecule has 0 saturated heterocycles. The van der Waals surface area contributed by atoms with Crippen molar-refractivity contribution in [2.75, 3.05) is 12.4 Å². The summed E-state index contributed by atoms with van der Waals surface area (Å²) in [4.78, 5) is 16.1. The highest BCUT2D eigenvalue weighted by Gasteiger charge is 2.12. The Hall–Kier alpha value is -2.14. The molecule has 0 aliphatic heterocycles. The third-order valence-electron chi connectivity index (χ3n) is 2.60. The van der Waals surface area contributed by atoms with E-state index in [1.54, 1.807) is 13.0 Å². The van der Waals surface area contributed by atoms with Gasteiger partial charge in [0.15, 0.2) is 0 Å². The Balaban J connectivity index is 2.27. The van der Waals surface area contributed by atoms with Crippen LogP contribution in [0.2, 0.25) is 5.15 Å². The van der Waals surface area contributed by atoms with Gasteiger partial charge in [-0.15, -0.1) is 0 Å². The predicted octanol–water partition coefficient (Wildman–Crippen LogP) is 3.44. The summed E-state index contributed by atoms with van der Waals surface area (Å²) in [5, 5.41) is 2.88. The Morgan fingerprint density at radius 1 is 1.35 bits per heavy atom. The van der Waals surface area contributed by atoms with E-state index in [0.29, 0.717) is 16.9 Å². The van der Waals surface area contributed by atoms with Gasteiger partial charge >= 0.3 is 0 Å². The van der Waals surface area contributed by atoms with Crippen molar-refractivity contribution in [1.82, 2.24) is 4.98 Å². The van der Waals surface area contributed by atoms with E-state index >= 15 is 0 Å². The largest absolute Gasteiger partial charge is 0.494 e. The average Bonchev–Trinajstić information content (AvgIpc) is 2.39. The zero-order valence-electron chi connectivity index (χ0n) is 10.9. The minimum Gasteiger partial charge on any atom is -0.494 e. The van der Waals surface area contributed by atoms with Gasteiger partial charge in [0.25, 0.3) is 5.91 Å². The number of amides is 1. The smallest absolute Gasteiger partial charge is 0.255 e. The third-order valence-corrected chi connectivity index (χ3v) is 2.79. The lowest BCUT2D eigenvalue weighted by Gasteiger charge is -2.10. The highest BCUT2D eigenvalue weighted by atomic mass is 35.5. The lowest BCUT2D eigenvalue weighted by molar-refractivity contribution is 0.102. The number of hydrogen-bond acceptors (Lipinski definition) is 3. The maximum Gasteiger partial charge on any atom is 0.255 e. The molecule has 6 heteroatoms. The van der Waals surface area contributed by atoms with Crippen LogP contribution in [0, 0.1) is 12.7 Å². The highest BCUT2D eigenvalue weighted by Crippen LogP contribution is 2.25. The lowest BCUT2D eigenvalue weighted by atomic mass is 10.2. The van der Waals surface area contributed by atoms with E-state index in [9.17, 15) is 9.18 Å². The van der Waals surface area contributed by atoms with Gasteiger partial charge in [-0.1, -0.05) is 11.6 Å². The highest BCUT2D eigenvalue weighted by molar-refractivity contribution is 6.29. The van der Waals surface area contributed by atoms with Crippen molar-refractivity contribution in [2.24, 2.45) is 0 Å². The number of carbonyl (C=O) groups is 1. The minimum atomic E-state index is -0.442. The van der Waals surface area contributed by atoms with Crippen LogP contribution >= 0.6 is 11.6 Å². The summed E-state index contributed by atoms with van der Waals surface area (Å²) in [6, 6.07) is 6.93. The van der Waals surface area contributed by atoms with E-state index in [4.69, 9.17) is 16.3 Å². The fourth-order valence-electron chi connectivity index (χ4n) is 1.72. The Labute approximate surface area is 120 Å². The van der Waals surface area contributed by atoms with Gasteiger partial charge < -0.3 is 10.1 Å². The Morgan fingerprint density at radius 2 is 2.10 bits per heavy atom. The normalized spacial score (nSPS) is 10.2.